The molecule has 2 aromatic rings. The van der Waals surface area contributed by atoms with Gasteiger partial charge in [-0.2, -0.15) is 0 Å². The maximum Gasteiger partial charge on any atom is 0.322 e. The van der Waals surface area contributed by atoms with Crippen LogP contribution < -0.4 is 5.32 Å². The molecule has 2 aromatic carbocycles. The number of carboxylic acids is 1. The van der Waals surface area contributed by atoms with E-state index in [0.717, 1.165) is 0 Å². The topological polar surface area (TPSA) is 83.5 Å². The number of benzene rings is 2. The number of hydrogen-bond acceptors (Lipinski definition) is 5. The van der Waals surface area contributed by atoms with Gasteiger partial charge in [0.1, 0.15) is 6.54 Å². The van der Waals surface area contributed by atoms with Gasteiger partial charge < -0.3 is 10.4 Å². The Morgan fingerprint density at radius 3 is 2.48 bits per heavy atom. The van der Waals surface area contributed by atoms with Crippen LogP contribution >= 0.6 is 35.0 Å². The van der Waals surface area contributed by atoms with E-state index in [2.05, 4.69) is 5.32 Å². The normalized spacial score (nSPS) is 11.3. The number of hydrogen-bond donors (Lipinski definition) is 2. The first kappa shape index (κ1) is 19.9. The van der Waals surface area contributed by atoms with Crippen LogP contribution in [0.3, 0.4) is 0 Å². The molecule has 0 aliphatic rings. The lowest BCUT2D eigenvalue weighted by atomic mass is 10.3. The second-order valence-electron chi connectivity index (χ2n) is 4.99. The highest BCUT2D eigenvalue weighted by Gasteiger charge is 2.15. The van der Waals surface area contributed by atoms with Gasteiger partial charge in [-0.1, -0.05) is 41.9 Å². The standard InChI is InChI=1S/C16H15Cl2NO4S2/c1-2-25(22,23)11-4-6-14(12(18)8-11)24-15-7-10(17)3-5-13(15)19-9-16(20)21/h3-8,19H,2,9H2,1H3,(H,20,21). The van der Waals surface area contributed by atoms with Gasteiger partial charge in [-0.3, -0.25) is 4.79 Å². The lowest BCUT2D eigenvalue weighted by Crippen LogP contribution is -2.12. The number of aliphatic carboxylic acids is 1. The van der Waals surface area contributed by atoms with E-state index >= 15 is 0 Å². The molecule has 134 valence electrons. The Balaban J connectivity index is 2.33. The minimum Gasteiger partial charge on any atom is -0.480 e. The summed E-state index contributed by atoms with van der Waals surface area (Å²) in [4.78, 5) is 12.2. The predicted octanol–water partition coefficient (Wildman–Crippen LogP) is 4.43. The molecule has 0 unspecified atom stereocenters. The summed E-state index contributed by atoms with van der Waals surface area (Å²) in [5.74, 6) is -0.994. The van der Waals surface area contributed by atoms with E-state index in [1.54, 1.807) is 31.2 Å². The molecule has 0 bridgehead atoms. The van der Waals surface area contributed by atoms with Crippen molar-refractivity contribution in [2.24, 2.45) is 0 Å². The molecular formula is C16H15Cl2NO4S2. The van der Waals surface area contributed by atoms with Gasteiger partial charge in [0.15, 0.2) is 9.84 Å². The molecule has 0 aliphatic heterocycles. The van der Waals surface area contributed by atoms with Crippen molar-refractivity contribution in [3.63, 3.8) is 0 Å². The van der Waals surface area contributed by atoms with Crippen molar-refractivity contribution in [1.29, 1.82) is 0 Å². The minimum absolute atomic E-state index is 0.00658. The Morgan fingerprint density at radius 2 is 1.88 bits per heavy atom. The SMILES string of the molecule is CCS(=O)(=O)c1ccc(Sc2cc(Cl)ccc2NCC(=O)O)c(Cl)c1. The highest BCUT2D eigenvalue weighted by atomic mass is 35.5. The van der Waals surface area contributed by atoms with Crippen molar-refractivity contribution in [2.45, 2.75) is 21.6 Å². The molecule has 0 radical (unpaired) electrons. The van der Waals surface area contributed by atoms with Crippen molar-refractivity contribution in [2.75, 3.05) is 17.6 Å². The van der Waals surface area contributed by atoms with Gasteiger partial charge in [0.05, 0.1) is 15.7 Å². The molecular weight excluding hydrogens is 405 g/mol. The Labute approximate surface area is 160 Å². The fourth-order valence-corrected chi connectivity index (χ4v) is 4.41. The van der Waals surface area contributed by atoms with Crippen LogP contribution in [-0.2, 0) is 14.6 Å². The van der Waals surface area contributed by atoms with Crippen LogP contribution in [0.15, 0.2) is 51.1 Å². The summed E-state index contributed by atoms with van der Waals surface area (Å²) in [6.07, 6.45) is 0. The molecule has 2 rings (SSSR count). The van der Waals surface area contributed by atoms with Crippen molar-refractivity contribution in [3.05, 3.63) is 46.4 Å². The van der Waals surface area contributed by atoms with E-state index in [-0.39, 0.29) is 17.2 Å². The highest BCUT2D eigenvalue weighted by Crippen LogP contribution is 2.39. The average Bonchev–Trinajstić information content (AvgIpc) is 2.55. The van der Waals surface area contributed by atoms with Gasteiger partial charge in [-0.05, 0) is 36.4 Å². The Hall–Kier alpha value is -1.41. The van der Waals surface area contributed by atoms with Crippen molar-refractivity contribution in [1.82, 2.24) is 0 Å². The van der Waals surface area contributed by atoms with Crippen LogP contribution in [0.1, 0.15) is 6.92 Å². The molecule has 25 heavy (non-hydrogen) atoms. The van der Waals surface area contributed by atoms with Crippen LogP contribution in [0.5, 0.6) is 0 Å². The van der Waals surface area contributed by atoms with Gasteiger partial charge in [0, 0.05) is 20.5 Å². The summed E-state index contributed by atoms with van der Waals surface area (Å²) < 4.78 is 23.8. The molecule has 0 amide bonds. The quantitative estimate of drug-likeness (QED) is 0.689. The summed E-state index contributed by atoms with van der Waals surface area (Å²) in [6.45, 7) is 1.33. The van der Waals surface area contributed by atoms with E-state index in [1.807, 2.05) is 0 Å². The zero-order valence-electron chi connectivity index (χ0n) is 13.1. The van der Waals surface area contributed by atoms with Crippen LogP contribution in [0.25, 0.3) is 0 Å². The fraction of sp³-hybridized carbons (Fsp3) is 0.188. The molecule has 0 saturated heterocycles. The first-order valence-electron chi connectivity index (χ1n) is 7.18. The highest BCUT2D eigenvalue weighted by molar-refractivity contribution is 7.99. The second-order valence-corrected chi connectivity index (χ2v) is 9.19. The molecule has 9 heteroatoms. The summed E-state index contributed by atoms with van der Waals surface area (Å²) in [5.41, 5.74) is 0.595. The molecule has 2 N–H and O–H groups in total. The zero-order valence-corrected chi connectivity index (χ0v) is 16.3. The first-order valence-corrected chi connectivity index (χ1v) is 10.4. The van der Waals surface area contributed by atoms with E-state index in [0.29, 0.717) is 25.5 Å². The van der Waals surface area contributed by atoms with E-state index in [1.165, 1.54) is 23.9 Å². The average molecular weight is 420 g/mol. The van der Waals surface area contributed by atoms with Crippen LogP contribution in [-0.4, -0.2) is 31.8 Å². The molecule has 5 nitrogen and oxygen atoms in total. The van der Waals surface area contributed by atoms with Gasteiger partial charge in [0.2, 0.25) is 0 Å². The van der Waals surface area contributed by atoms with E-state index in [9.17, 15) is 13.2 Å². The third-order valence-electron chi connectivity index (χ3n) is 3.24. The summed E-state index contributed by atoms with van der Waals surface area (Å²) in [7, 11) is -3.34. The molecule has 0 fully saturated rings. The van der Waals surface area contributed by atoms with E-state index < -0.39 is 15.8 Å². The summed E-state index contributed by atoms with van der Waals surface area (Å²) >= 11 is 13.5. The molecule has 0 saturated carbocycles. The number of nitrogens with one attached hydrogen (secondary N) is 1. The first-order chi connectivity index (χ1) is 11.7. The molecule has 0 spiro atoms. The second kappa shape index (κ2) is 8.31. The maximum atomic E-state index is 11.9. The fourth-order valence-electron chi connectivity index (χ4n) is 1.94. The summed E-state index contributed by atoms with van der Waals surface area (Å²) in [5, 5.41) is 12.4. The molecule has 0 atom stereocenters. The third kappa shape index (κ3) is 5.28. The van der Waals surface area contributed by atoms with Gasteiger partial charge >= 0.3 is 5.97 Å². The largest absolute Gasteiger partial charge is 0.480 e. The lowest BCUT2D eigenvalue weighted by molar-refractivity contribution is -0.134. The number of carbonyl (C=O) groups is 1. The maximum absolute atomic E-state index is 11.9. The van der Waals surface area contributed by atoms with Crippen molar-refractivity contribution in [3.8, 4) is 0 Å². The van der Waals surface area contributed by atoms with Crippen LogP contribution in [0, 0.1) is 0 Å². The van der Waals surface area contributed by atoms with Gasteiger partial charge in [-0.25, -0.2) is 8.42 Å². The minimum atomic E-state index is -3.34. The smallest absolute Gasteiger partial charge is 0.322 e. The number of rotatable bonds is 7. The number of halogens is 2. The lowest BCUT2D eigenvalue weighted by Gasteiger charge is -2.12. The predicted molar refractivity (Wildman–Crippen MR) is 101 cm³/mol. The van der Waals surface area contributed by atoms with Gasteiger partial charge in [-0.15, -0.1) is 0 Å². The van der Waals surface area contributed by atoms with Crippen molar-refractivity contribution < 1.29 is 18.3 Å². The van der Waals surface area contributed by atoms with Crippen LogP contribution in [0.4, 0.5) is 5.69 Å². The summed E-state index contributed by atoms with van der Waals surface area (Å²) in [6, 6.07) is 9.55. The third-order valence-corrected chi connectivity index (χ3v) is 6.76. The van der Waals surface area contributed by atoms with Crippen LogP contribution in [0.2, 0.25) is 10.0 Å². The molecule has 0 aromatic heterocycles. The molecule has 0 aliphatic carbocycles. The monoisotopic (exact) mass is 419 g/mol. The van der Waals surface area contributed by atoms with Crippen molar-refractivity contribution >= 4 is 56.5 Å². The molecule has 0 heterocycles. The number of anilines is 1. The van der Waals surface area contributed by atoms with E-state index in [4.69, 9.17) is 28.3 Å². The Kier molecular flexibility index (Phi) is 6.62. The van der Waals surface area contributed by atoms with Gasteiger partial charge in [0.25, 0.3) is 0 Å². The number of sulfone groups is 1. The Morgan fingerprint density at radius 1 is 1.16 bits per heavy atom. The Bertz CT molecular complexity index is 901. The number of carboxylic acid groups (broad SMARTS) is 1. The zero-order chi connectivity index (χ0) is 18.6.